The van der Waals surface area contributed by atoms with Crippen molar-refractivity contribution in [1.82, 2.24) is 10.2 Å². The summed E-state index contributed by atoms with van der Waals surface area (Å²) in [6.45, 7) is 9.16. The molecule has 1 N–H and O–H groups in total. The first-order valence-corrected chi connectivity index (χ1v) is 5.76. The Balaban J connectivity index is 2.32. The molecule has 1 saturated heterocycles. The highest BCUT2D eigenvalue weighted by atomic mass is 16.5. The number of nitrogens with zero attached hydrogens (tertiary/aromatic N) is 1. The van der Waals surface area contributed by atoms with Gasteiger partial charge in [0.25, 0.3) is 0 Å². The van der Waals surface area contributed by atoms with Crippen LogP contribution in [0, 0.1) is 0 Å². The fourth-order valence-electron chi connectivity index (χ4n) is 1.86. The van der Waals surface area contributed by atoms with Crippen molar-refractivity contribution in [3.05, 3.63) is 0 Å². The van der Waals surface area contributed by atoms with Gasteiger partial charge in [0, 0.05) is 25.6 Å². The fourth-order valence-corrected chi connectivity index (χ4v) is 1.86. The summed E-state index contributed by atoms with van der Waals surface area (Å²) in [7, 11) is 0. The normalized spacial score (nSPS) is 23.9. The number of carbonyl (C=O) groups is 1. The van der Waals surface area contributed by atoms with Crippen molar-refractivity contribution >= 4 is 5.91 Å². The maximum Gasteiger partial charge on any atom is 0.224 e. The van der Waals surface area contributed by atoms with E-state index >= 15 is 0 Å². The van der Waals surface area contributed by atoms with Crippen molar-refractivity contribution in [3.8, 4) is 0 Å². The molecule has 1 amide bonds. The minimum Gasteiger partial charge on any atom is -0.375 e. The highest BCUT2D eigenvalue weighted by Gasteiger charge is 2.22. The third kappa shape index (κ3) is 4.18. The largest absolute Gasteiger partial charge is 0.375 e. The first-order chi connectivity index (χ1) is 7.13. The molecule has 88 valence electrons. The predicted octanol–water partition coefficient (Wildman–Crippen LogP) is 0.622. The number of morpholine rings is 1. The molecule has 2 atom stereocenters. The Morgan fingerprint density at radius 3 is 3.00 bits per heavy atom. The van der Waals surface area contributed by atoms with Gasteiger partial charge < -0.3 is 15.0 Å². The summed E-state index contributed by atoms with van der Waals surface area (Å²) in [6, 6.07) is 0.264. The van der Waals surface area contributed by atoms with Gasteiger partial charge >= 0.3 is 0 Å². The number of ether oxygens (including phenoxy) is 1. The van der Waals surface area contributed by atoms with E-state index in [-0.39, 0.29) is 18.1 Å². The molecule has 1 rings (SSSR count). The van der Waals surface area contributed by atoms with E-state index in [1.54, 1.807) is 0 Å². The highest BCUT2D eigenvalue weighted by Crippen LogP contribution is 2.07. The second-order valence-electron chi connectivity index (χ2n) is 4.18. The van der Waals surface area contributed by atoms with Gasteiger partial charge in [-0.1, -0.05) is 6.92 Å². The molecule has 1 fully saturated rings. The lowest BCUT2D eigenvalue weighted by Crippen LogP contribution is -2.46. The van der Waals surface area contributed by atoms with Crippen LogP contribution >= 0.6 is 0 Å². The van der Waals surface area contributed by atoms with Crippen LogP contribution in [0.25, 0.3) is 0 Å². The van der Waals surface area contributed by atoms with Gasteiger partial charge in [-0.25, -0.2) is 0 Å². The number of rotatable bonds is 4. The van der Waals surface area contributed by atoms with Crippen LogP contribution in [0.4, 0.5) is 0 Å². The Bertz CT molecular complexity index is 209. The summed E-state index contributed by atoms with van der Waals surface area (Å²) in [5.74, 6) is 0.235. The van der Waals surface area contributed by atoms with Crippen molar-refractivity contribution in [2.24, 2.45) is 0 Å². The van der Waals surface area contributed by atoms with E-state index in [1.807, 2.05) is 18.7 Å². The van der Waals surface area contributed by atoms with Gasteiger partial charge in [-0.3, -0.25) is 4.79 Å². The smallest absolute Gasteiger partial charge is 0.224 e. The number of nitrogens with one attached hydrogen (secondary N) is 1. The molecule has 1 aliphatic heterocycles. The summed E-state index contributed by atoms with van der Waals surface area (Å²) < 4.78 is 5.40. The molecule has 4 nitrogen and oxygen atoms in total. The van der Waals surface area contributed by atoms with E-state index in [1.165, 1.54) is 0 Å². The molecule has 0 aromatic rings. The summed E-state index contributed by atoms with van der Waals surface area (Å²) >= 11 is 0. The lowest BCUT2D eigenvalue weighted by atomic mass is 10.2. The Hall–Kier alpha value is -0.610. The van der Waals surface area contributed by atoms with Crippen LogP contribution in [0.15, 0.2) is 0 Å². The van der Waals surface area contributed by atoms with Crippen LogP contribution in [-0.2, 0) is 9.53 Å². The third-order valence-electron chi connectivity index (χ3n) is 2.63. The summed E-state index contributed by atoms with van der Waals surface area (Å²) in [4.78, 5) is 13.8. The molecule has 0 aromatic carbocycles. The van der Waals surface area contributed by atoms with E-state index in [9.17, 15) is 4.79 Å². The maximum atomic E-state index is 11.9. The number of hydrogen-bond acceptors (Lipinski definition) is 3. The molecule has 1 heterocycles. The van der Waals surface area contributed by atoms with E-state index < -0.39 is 0 Å². The highest BCUT2D eigenvalue weighted by molar-refractivity contribution is 5.76. The van der Waals surface area contributed by atoms with Gasteiger partial charge in [0.05, 0.1) is 12.7 Å². The average molecular weight is 214 g/mol. The molecular formula is C11H22N2O2. The van der Waals surface area contributed by atoms with Crippen LogP contribution in [0.1, 0.15) is 27.2 Å². The first-order valence-electron chi connectivity index (χ1n) is 5.76. The summed E-state index contributed by atoms with van der Waals surface area (Å²) in [6.07, 6.45) is 0.762. The van der Waals surface area contributed by atoms with Gasteiger partial charge in [0.2, 0.25) is 5.91 Å². The minimum atomic E-state index is 0.178. The lowest BCUT2D eigenvalue weighted by Gasteiger charge is -2.32. The van der Waals surface area contributed by atoms with Gasteiger partial charge in [0.1, 0.15) is 0 Å². The van der Waals surface area contributed by atoms with Gasteiger partial charge in [-0.2, -0.15) is 0 Å². The third-order valence-corrected chi connectivity index (χ3v) is 2.63. The minimum absolute atomic E-state index is 0.178. The molecule has 0 saturated carbocycles. The second kappa shape index (κ2) is 6.08. The van der Waals surface area contributed by atoms with Crippen molar-refractivity contribution in [2.75, 3.05) is 26.2 Å². The predicted molar refractivity (Wildman–Crippen MR) is 59.7 cm³/mol. The zero-order valence-electron chi connectivity index (χ0n) is 9.95. The molecule has 15 heavy (non-hydrogen) atoms. The lowest BCUT2D eigenvalue weighted by molar-refractivity contribution is -0.138. The van der Waals surface area contributed by atoms with Crippen molar-refractivity contribution in [3.63, 3.8) is 0 Å². The summed E-state index contributed by atoms with van der Waals surface area (Å²) in [5, 5.41) is 3.25. The average Bonchev–Trinajstić information content (AvgIpc) is 2.18. The number of hydrogen-bond donors (Lipinski definition) is 1. The molecule has 4 heteroatoms. The Morgan fingerprint density at radius 2 is 2.40 bits per heavy atom. The molecule has 0 radical (unpaired) electrons. The summed E-state index contributed by atoms with van der Waals surface area (Å²) in [5.41, 5.74) is 0. The zero-order valence-corrected chi connectivity index (χ0v) is 9.95. The Morgan fingerprint density at radius 1 is 1.67 bits per heavy atom. The van der Waals surface area contributed by atoms with Crippen LogP contribution in [-0.4, -0.2) is 49.2 Å². The number of carbonyl (C=O) groups excluding carboxylic acids is 1. The molecule has 2 unspecified atom stereocenters. The monoisotopic (exact) mass is 214 g/mol. The fraction of sp³-hybridized carbons (Fsp3) is 0.909. The molecule has 0 aromatic heterocycles. The van der Waals surface area contributed by atoms with Crippen molar-refractivity contribution in [1.29, 1.82) is 0 Å². The van der Waals surface area contributed by atoms with Crippen LogP contribution < -0.4 is 5.32 Å². The topological polar surface area (TPSA) is 41.6 Å². The molecular weight excluding hydrogens is 192 g/mol. The second-order valence-corrected chi connectivity index (χ2v) is 4.18. The quantitative estimate of drug-likeness (QED) is 0.746. The Labute approximate surface area is 92.0 Å². The van der Waals surface area contributed by atoms with Crippen LogP contribution in [0.3, 0.4) is 0 Å². The number of amides is 1. The maximum absolute atomic E-state index is 11.9. The van der Waals surface area contributed by atoms with Crippen molar-refractivity contribution in [2.45, 2.75) is 39.3 Å². The molecule has 0 spiro atoms. The van der Waals surface area contributed by atoms with Gasteiger partial charge in [-0.15, -0.1) is 0 Å². The van der Waals surface area contributed by atoms with Crippen molar-refractivity contribution < 1.29 is 9.53 Å². The van der Waals surface area contributed by atoms with Crippen LogP contribution in [0.2, 0.25) is 0 Å². The van der Waals surface area contributed by atoms with E-state index in [4.69, 9.17) is 4.74 Å². The molecule has 0 aliphatic carbocycles. The van der Waals surface area contributed by atoms with E-state index in [0.29, 0.717) is 13.0 Å². The standard InChI is InChI=1S/C11H22N2O2/c1-4-12-9(2)7-11(14)13-5-6-15-10(3)8-13/h9-10,12H,4-8H2,1-3H3. The van der Waals surface area contributed by atoms with E-state index in [0.717, 1.165) is 19.6 Å². The van der Waals surface area contributed by atoms with Gasteiger partial charge in [-0.05, 0) is 20.4 Å². The molecule has 1 aliphatic rings. The SMILES string of the molecule is CCNC(C)CC(=O)N1CCOC(C)C1. The van der Waals surface area contributed by atoms with E-state index in [2.05, 4.69) is 12.2 Å². The first kappa shape index (κ1) is 12.5. The Kier molecular flexibility index (Phi) is 5.05. The van der Waals surface area contributed by atoms with Crippen LogP contribution in [0.5, 0.6) is 0 Å². The zero-order chi connectivity index (χ0) is 11.3. The molecule has 0 bridgehead atoms. The van der Waals surface area contributed by atoms with Gasteiger partial charge in [0.15, 0.2) is 0 Å².